The van der Waals surface area contributed by atoms with Crippen LogP contribution in [0.3, 0.4) is 0 Å². The van der Waals surface area contributed by atoms with Crippen LogP contribution < -0.4 is 10.2 Å². The molecular weight excluding hydrogens is 462 g/mol. The molecular formula is C31H37N3O3. The maximum Gasteiger partial charge on any atom is 0.308 e. The number of benzene rings is 2. The van der Waals surface area contributed by atoms with Crippen molar-refractivity contribution in [3.63, 3.8) is 0 Å². The number of carbonyl (C=O) groups excluding carboxylic acids is 2. The van der Waals surface area contributed by atoms with Crippen molar-refractivity contribution in [2.45, 2.75) is 71.5 Å². The highest BCUT2D eigenvalue weighted by Gasteiger charge is 2.33. The van der Waals surface area contributed by atoms with Crippen LogP contribution in [0, 0.1) is 18.8 Å². The zero-order chi connectivity index (χ0) is 26.1. The summed E-state index contributed by atoms with van der Waals surface area (Å²) in [5.74, 6) is 0.219. The second kappa shape index (κ2) is 10.5. The van der Waals surface area contributed by atoms with Gasteiger partial charge in [-0.05, 0) is 88.1 Å². The molecule has 1 N–H and O–H groups in total. The fraction of sp³-hybridized carbons (Fsp3) is 0.452. The van der Waals surface area contributed by atoms with Crippen LogP contribution in [0.4, 0.5) is 5.69 Å². The lowest BCUT2D eigenvalue weighted by molar-refractivity contribution is -0.146. The molecule has 2 aromatic carbocycles. The van der Waals surface area contributed by atoms with Crippen molar-refractivity contribution in [1.29, 1.82) is 0 Å². The van der Waals surface area contributed by atoms with Gasteiger partial charge in [-0.1, -0.05) is 30.3 Å². The molecule has 6 heteroatoms. The molecule has 0 bridgehead atoms. The van der Waals surface area contributed by atoms with E-state index < -0.39 is 0 Å². The molecule has 194 valence electrons. The van der Waals surface area contributed by atoms with E-state index >= 15 is 0 Å². The molecule has 1 aliphatic carbocycles. The zero-order valence-electron chi connectivity index (χ0n) is 22.3. The molecule has 37 heavy (non-hydrogen) atoms. The van der Waals surface area contributed by atoms with Crippen molar-refractivity contribution in [3.8, 4) is 0 Å². The summed E-state index contributed by atoms with van der Waals surface area (Å²) in [6.45, 7) is 7.04. The number of pyridine rings is 1. The fourth-order valence-electron chi connectivity index (χ4n) is 6.20. The van der Waals surface area contributed by atoms with Crippen LogP contribution in [0.15, 0.2) is 48.5 Å². The summed E-state index contributed by atoms with van der Waals surface area (Å²) < 4.78 is 4.93. The van der Waals surface area contributed by atoms with Gasteiger partial charge in [-0.3, -0.25) is 14.6 Å². The number of rotatable bonds is 6. The summed E-state index contributed by atoms with van der Waals surface area (Å²) in [6.07, 6.45) is 4.40. The van der Waals surface area contributed by atoms with Crippen LogP contribution in [0.5, 0.6) is 0 Å². The van der Waals surface area contributed by atoms with Crippen molar-refractivity contribution < 1.29 is 14.3 Å². The number of carbonyl (C=O) groups is 2. The molecule has 1 aromatic heterocycles. The van der Waals surface area contributed by atoms with Gasteiger partial charge < -0.3 is 15.0 Å². The van der Waals surface area contributed by atoms with E-state index in [0.717, 1.165) is 65.5 Å². The molecule has 2 heterocycles. The number of para-hydroxylation sites is 1. The Kier molecular flexibility index (Phi) is 7.18. The largest absolute Gasteiger partial charge is 0.469 e. The van der Waals surface area contributed by atoms with E-state index in [-0.39, 0.29) is 29.9 Å². The number of hydrogen-bond donors (Lipinski definition) is 1. The molecule has 0 spiro atoms. The van der Waals surface area contributed by atoms with Gasteiger partial charge in [-0.2, -0.15) is 0 Å². The Balaban J connectivity index is 1.35. The summed E-state index contributed by atoms with van der Waals surface area (Å²) >= 11 is 0. The van der Waals surface area contributed by atoms with Crippen molar-refractivity contribution in [2.24, 2.45) is 11.8 Å². The Morgan fingerprint density at radius 2 is 1.86 bits per heavy atom. The maximum absolute atomic E-state index is 13.7. The lowest BCUT2D eigenvalue weighted by Gasteiger charge is -2.32. The average Bonchev–Trinajstić information content (AvgIpc) is 3.21. The van der Waals surface area contributed by atoms with Gasteiger partial charge in [0, 0.05) is 17.5 Å². The Hall–Kier alpha value is -3.41. The minimum absolute atomic E-state index is 0.0112. The number of aryl methyl sites for hydroxylation is 1. The summed E-state index contributed by atoms with van der Waals surface area (Å²) in [5, 5.41) is 4.44. The second-order valence-corrected chi connectivity index (χ2v) is 10.9. The second-order valence-electron chi connectivity index (χ2n) is 10.9. The molecule has 2 aliphatic rings. The quantitative estimate of drug-likeness (QED) is 0.448. The van der Waals surface area contributed by atoms with Crippen LogP contribution in [0.25, 0.3) is 10.9 Å². The maximum atomic E-state index is 13.7. The molecule has 1 amide bonds. The van der Waals surface area contributed by atoms with Gasteiger partial charge in [0.25, 0.3) is 5.91 Å². The van der Waals surface area contributed by atoms with E-state index in [1.54, 1.807) is 0 Å². The molecule has 1 fully saturated rings. The molecule has 5 rings (SSSR count). The predicted octanol–water partition coefficient (Wildman–Crippen LogP) is 5.59. The van der Waals surface area contributed by atoms with Gasteiger partial charge in [-0.15, -0.1) is 0 Å². The van der Waals surface area contributed by atoms with Crippen LogP contribution in [-0.2, 0) is 22.5 Å². The van der Waals surface area contributed by atoms with Crippen molar-refractivity contribution in [1.82, 2.24) is 10.3 Å². The summed E-state index contributed by atoms with van der Waals surface area (Å²) in [6, 6.07) is 16.9. The average molecular weight is 500 g/mol. The van der Waals surface area contributed by atoms with Crippen LogP contribution in [0.1, 0.15) is 66.7 Å². The number of aromatic nitrogens is 1. The van der Waals surface area contributed by atoms with Crippen LogP contribution >= 0.6 is 0 Å². The van der Waals surface area contributed by atoms with Gasteiger partial charge >= 0.3 is 5.97 Å². The molecule has 1 unspecified atom stereocenters. The van der Waals surface area contributed by atoms with Gasteiger partial charge in [-0.25, -0.2) is 0 Å². The highest BCUT2D eigenvalue weighted by atomic mass is 16.5. The number of ether oxygens (including phenoxy) is 1. The van der Waals surface area contributed by atoms with Crippen LogP contribution in [-0.4, -0.2) is 36.1 Å². The molecule has 6 nitrogen and oxygen atoms in total. The van der Waals surface area contributed by atoms with Crippen molar-refractivity contribution in [2.75, 3.05) is 12.0 Å². The number of anilines is 1. The third-order valence-corrected chi connectivity index (χ3v) is 8.27. The molecule has 0 radical (unpaired) electrons. The van der Waals surface area contributed by atoms with Crippen LogP contribution in [0.2, 0.25) is 0 Å². The Bertz CT molecular complexity index is 1310. The molecule has 1 aliphatic heterocycles. The van der Waals surface area contributed by atoms with E-state index in [1.807, 2.05) is 24.3 Å². The molecule has 2 atom stereocenters. The SMILES string of the molecule is COC(=O)C1CCC([C@H](C)NC(=O)c2cc(C)cc3c2N(Cc2ccc4ccccc4n2)C(C)C3)CC1. The number of hydrogen-bond acceptors (Lipinski definition) is 5. The molecule has 3 aromatic rings. The summed E-state index contributed by atoms with van der Waals surface area (Å²) in [5.41, 5.74) is 6.10. The van der Waals surface area contributed by atoms with E-state index in [1.165, 1.54) is 12.7 Å². The Morgan fingerprint density at radius 3 is 2.62 bits per heavy atom. The molecule has 0 saturated heterocycles. The topological polar surface area (TPSA) is 71.5 Å². The van der Waals surface area contributed by atoms with E-state index in [9.17, 15) is 9.59 Å². The third kappa shape index (κ3) is 5.20. The summed E-state index contributed by atoms with van der Waals surface area (Å²) in [7, 11) is 1.46. The third-order valence-electron chi connectivity index (χ3n) is 8.27. The van der Waals surface area contributed by atoms with Gasteiger partial charge in [0.2, 0.25) is 0 Å². The minimum Gasteiger partial charge on any atom is -0.469 e. The predicted molar refractivity (Wildman–Crippen MR) is 147 cm³/mol. The van der Waals surface area contributed by atoms with E-state index in [4.69, 9.17) is 9.72 Å². The Labute approximate surface area is 219 Å². The van der Waals surface area contributed by atoms with Crippen molar-refractivity contribution >= 4 is 28.5 Å². The molecule has 1 saturated carbocycles. The first-order valence-corrected chi connectivity index (χ1v) is 13.5. The number of amides is 1. The minimum atomic E-state index is -0.111. The Morgan fingerprint density at radius 1 is 1.11 bits per heavy atom. The first-order chi connectivity index (χ1) is 17.8. The number of fused-ring (bicyclic) bond motifs is 2. The van der Waals surface area contributed by atoms with Gasteiger partial charge in [0.15, 0.2) is 0 Å². The first-order valence-electron chi connectivity index (χ1n) is 13.5. The van der Waals surface area contributed by atoms with Crippen molar-refractivity contribution in [3.05, 3.63) is 70.9 Å². The standard InChI is InChI=1S/C31H37N3O3/c1-19-15-25-17-20(2)34(18-26-14-13-23-7-5-6-8-28(23)33-26)29(25)27(16-19)30(35)32-21(3)22-9-11-24(12-10-22)31(36)37-4/h5-8,13-16,20-22,24H,9-12,17-18H2,1-4H3,(H,32,35)/t20?,21-,22?,24?/m0/s1. The highest BCUT2D eigenvalue weighted by molar-refractivity contribution is 6.01. The zero-order valence-corrected chi connectivity index (χ0v) is 22.3. The highest BCUT2D eigenvalue weighted by Crippen LogP contribution is 2.38. The number of methoxy groups -OCH3 is 1. The monoisotopic (exact) mass is 499 g/mol. The number of esters is 1. The van der Waals surface area contributed by atoms with E-state index in [2.05, 4.69) is 55.3 Å². The fourth-order valence-corrected chi connectivity index (χ4v) is 6.20. The van der Waals surface area contributed by atoms with Gasteiger partial charge in [0.1, 0.15) is 0 Å². The first kappa shape index (κ1) is 25.2. The van der Waals surface area contributed by atoms with Gasteiger partial charge in [0.05, 0.1) is 42.0 Å². The number of nitrogens with zero attached hydrogens (tertiary/aromatic N) is 2. The lowest BCUT2D eigenvalue weighted by atomic mass is 9.79. The summed E-state index contributed by atoms with van der Waals surface area (Å²) in [4.78, 5) is 32.8. The normalized spacial score (nSPS) is 21.9. The lowest BCUT2D eigenvalue weighted by Crippen LogP contribution is -2.41. The number of nitrogens with one attached hydrogen (secondary N) is 1. The van der Waals surface area contributed by atoms with E-state index in [0.29, 0.717) is 12.5 Å². The smallest absolute Gasteiger partial charge is 0.308 e.